The Balaban J connectivity index is 1.30. The van der Waals surface area contributed by atoms with Crippen LogP contribution in [0.15, 0.2) is 40.9 Å². The molecule has 0 aliphatic carbocycles. The van der Waals surface area contributed by atoms with Crippen LogP contribution in [0.25, 0.3) is 0 Å². The summed E-state index contributed by atoms with van der Waals surface area (Å²) in [4.78, 5) is 21.8. The molecule has 2 saturated heterocycles. The maximum Gasteiger partial charge on any atom is 0.252 e. The molecule has 0 atom stereocenters. The normalized spacial score (nSPS) is 19.0. The van der Waals surface area contributed by atoms with Crippen LogP contribution in [0, 0.1) is 0 Å². The minimum atomic E-state index is -3.40. The second kappa shape index (κ2) is 8.91. The van der Waals surface area contributed by atoms with Gasteiger partial charge in [0.15, 0.2) is 0 Å². The zero-order valence-corrected chi connectivity index (χ0v) is 18.0. The number of amides is 1. The van der Waals surface area contributed by atoms with Crippen LogP contribution in [0.3, 0.4) is 0 Å². The first-order chi connectivity index (χ1) is 14.0. The molecule has 9 heteroatoms. The van der Waals surface area contributed by atoms with E-state index in [2.05, 4.69) is 9.88 Å². The molecule has 0 unspecified atom stereocenters. The van der Waals surface area contributed by atoms with E-state index in [9.17, 15) is 13.2 Å². The summed E-state index contributed by atoms with van der Waals surface area (Å²) in [6.45, 7) is 5.15. The van der Waals surface area contributed by atoms with Gasteiger partial charge >= 0.3 is 0 Å². The minimum Gasteiger partial charge on any atom is -0.340 e. The average Bonchev–Trinajstić information content (AvgIpc) is 3.42. The first-order valence-electron chi connectivity index (χ1n) is 10.0. The molecule has 2 aliphatic rings. The Hall–Kier alpha value is -1.81. The van der Waals surface area contributed by atoms with Gasteiger partial charge in [0.2, 0.25) is 5.91 Å². The fraction of sp³-hybridized carbons (Fsp3) is 0.500. The van der Waals surface area contributed by atoms with Gasteiger partial charge in [-0.15, -0.1) is 11.3 Å². The number of carbonyl (C=O) groups is 1. The Morgan fingerprint density at radius 3 is 2.34 bits per heavy atom. The quantitative estimate of drug-likeness (QED) is 0.693. The van der Waals surface area contributed by atoms with Crippen LogP contribution in [-0.2, 0) is 27.8 Å². The number of rotatable bonds is 6. The fourth-order valence-corrected chi connectivity index (χ4v) is 6.83. The molecule has 0 bridgehead atoms. The molecule has 4 rings (SSSR count). The SMILES string of the molecule is O=C(Cc1ccc(S(=O)(=O)N2CCCC2)s1)N1CCN(Cc2ccncc2)CC1. The Morgan fingerprint density at radius 2 is 1.66 bits per heavy atom. The van der Waals surface area contributed by atoms with E-state index in [0.29, 0.717) is 30.4 Å². The molecular formula is C20H26N4O3S2. The number of nitrogens with zero attached hydrogens (tertiary/aromatic N) is 4. The summed E-state index contributed by atoms with van der Waals surface area (Å²) in [5.74, 6) is 0.0699. The van der Waals surface area contributed by atoms with E-state index in [1.807, 2.05) is 17.0 Å². The van der Waals surface area contributed by atoms with Gasteiger partial charge in [-0.25, -0.2) is 8.42 Å². The van der Waals surface area contributed by atoms with Crippen molar-refractivity contribution in [2.75, 3.05) is 39.3 Å². The number of hydrogen-bond donors (Lipinski definition) is 0. The Morgan fingerprint density at radius 1 is 0.966 bits per heavy atom. The van der Waals surface area contributed by atoms with E-state index in [-0.39, 0.29) is 12.3 Å². The molecule has 0 radical (unpaired) electrons. The molecule has 2 fully saturated rings. The van der Waals surface area contributed by atoms with Crippen molar-refractivity contribution >= 4 is 27.3 Å². The van der Waals surface area contributed by atoms with Gasteiger partial charge in [-0.05, 0) is 42.7 Å². The largest absolute Gasteiger partial charge is 0.340 e. The molecule has 4 heterocycles. The first-order valence-corrected chi connectivity index (χ1v) is 12.3. The number of piperazine rings is 1. The Labute approximate surface area is 176 Å². The average molecular weight is 435 g/mol. The fourth-order valence-electron chi connectivity index (χ4n) is 3.81. The van der Waals surface area contributed by atoms with Gasteiger partial charge in [0, 0.05) is 63.1 Å². The highest BCUT2D eigenvalue weighted by Crippen LogP contribution is 2.28. The van der Waals surface area contributed by atoms with Crippen LogP contribution in [0.1, 0.15) is 23.3 Å². The molecule has 0 N–H and O–H groups in total. The molecule has 2 aliphatic heterocycles. The van der Waals surface area contributed by atoms with E-state index >= 15 is 0 Å². The highest BCUT2D eigenvalue weighted by atomic mass is 32.2. The molecule has 7 nitrogen and oxygen atoms in total. The van der Waals surface area contributed by atoms with Crippen molar-refractivity contribution < 1.29 is 13.2 Å². The van der Waals surface area contributed by atoms with Gasteiger partial charge in [0.25, 0.3) is 10.0 Å². The molecule has 2 aromatic rings. The highest BCUT2D eigenvalue weighted by Gasteiger charge is 2.29. The van der Waals surface area contributed by atoms with Gasteiger partial charge in [-0.1, -0.05) is 0 Å². The molecule has 156 valence electrons. The van der Waals surface area contributed by atoms with Crippen LogP contribution < -0.4 is 0 Å². The van der Waals surface area contributed by atoms with Crippen LogP contribution >= 0.6 is 11.3 Å². The number of hydrogen-bond acceptors (Lipinski definition) is 6. The van der Waals surface area contributed by atoms with E-state index in [1.165, 1.54) is 16.9 Å². The van der Waals surface area contributed by atoms with Gasteiger partial charge < -0.3 is 4.90 Å². The Bertz CT molecular complexity index is 932. The summed E-state index contributed by atoms with van der Waals surface area (Å²) in [6.07, 6.45) is 5.71. The summed E-state index contributed by atoms with van der Waals surface area (Å²) in [7, 11) is -3.40. The molecular weight excluding hydrogens is 408 g/mol. The lowest BCUT2D eigenvalue weighted by Gasteiger charge is -2.34. The third kappa shape index (κ3) is 4.85. The zero-order valence-electron chi connectivity index (χ0n) is 16.4. The topological polar surface area (TPSA) is 73.8 Å². The monoisotopic (exact) mass is 434 g/mol. The Kier molecular flexibility index (Phi) is 6.29. The van der Waals surface area contributed by atoms with Crippen molar-refractivity contribution in [2.24, 2.45) is 0 Å². The zero-order chi connectivity index (χ0) is 20.3. The van der Waals surface area contributed by atoms with Gasteiger partial charge in [0.05, 0.1) is 6.42 Å². The second-order valence-corrected chi connectivity index (χ2v) is 10.9. The number of thiophene rings is 1. The molecule has 0 saturated carbocycles. The maximum absolute atomic E-state index is 12.7. The maximum atomic E-state index is 12.7. The lowest BCUT2D eigenvalue weighted by Crippen LogP contribution is -2.48. The van der Waals surface area contributed by atoms with E-state index in [4.69, 9.17) is 0 Å². The lowest BCUT2D eigenvalue weighted by atomic mass is 10.2. The number of pyridine rings is 1. The van der Waals surface area contributed by atoms with Gasteiger partial charge in [0.1, 0.15) is 4.21 Å². The summed E-state index contributed by atoms with van der Waals surface area (Å²) < 4.78 is 27.2. The molecule has 0 spiro atoms. The standard InChI is InChI=1S/C20H26N4O3S2/c25-19(23-13-11-22(12-14-23)16-17-5-7-21-8-6-17)15-18-3-4-20(28-18)29(26,27)24-9-1-2-10-24/h3-8H,1-2,9-16H2. The van der Waals surface area contributed by atoms with Crippen molar-refractivity contribution in [1.29, 1.82) is 0 Å². The van der Waals surface area contributed by atoms with Crippen LogP contribution in [0.5, 0.6) is 0 Å². The van der Waals surface area contributed by atoms with Gasteiger partial charge in [-0.3, -0.25) is 14.7 Å². The van der Waals surface area contributed by atoms with Crippen molar-refractivity contribution in [2.45, 2.75) is 30.0 Å². The highest BCUT2D eigenvalue weighted by molar-refractivity contribution is 7.91. The number of sulfonamides is 1. The van der Waals surface area contributed by atoms with Crippen LogP contribution in [0.2, 0.25) is 0 Å². The van der Waals surface area contributed by atoms with Crippen LogP contribution in [0.4, 0.5) is 0 Å². The van der Waals surface area contributed by atoms with E-state index in [0.717, 1.165) is 37.4 Å². The third-order valence-electron chi connectivity index (χ3n) is 5.50. The summed E-state index contributed by atoms with van der Waals surface area (Å²) in [5, 5.41) is 0. The van der Waals surface area contributed by atoms with Crippen molar-refractivity contribution in [3.63, 3.8) is 0 Å². The third-order valence-corrected chi connectivity index (χ3v) is 8.95. The van der Waals surface area contributed by atoms with Crippen molar-refractivity contribution in [3.05, 3.63) is 47.1 Å². The smallest absolute Gasteiger partial charge is 0.252 e. The number of aromatic nitrogens is 1. The summed E-state index contributed by atoms with van der Waals surface area (Å²) in [5.41, 5.74) is 1.23. The summed E-state index contributed by atoms with van der Waals surface area (Å²) >= 11 is 1.23. The minimum absolute atomic E-state index is 0.0699. The summed E-state index contributed by atoms with van der Waals surface area (Å²) in [6, 6.07) is 7.46. The van der Waals surface area contributed by atoms with Gasteiger partial charge in [-0.2, -0.15) is 4.31 Å². The van der Waals surface area contributed by atoms with E-state index in [1.54, 1.807) is 28.8 Å². The van der Waals surface area contributed by atoms with Crippen molar-refractivity contribution in [1.82, 2.24) is 19.1 Å². The molecule has 2 aromatic heterocycles. The van der Waals surface area contributed by atoms with E-state index < -0.39 is 10.0 Å². The predicted molar refractivity (Wildman–Crippen MR) is 112 cm³/mol. The molecule has 1 amide bonds. The lowest BCUT2D eigenvalue weighted by molar-refractivity contribution is -0.132. The first kappa shape index (κ1) is 20.5. The molecule has 29 heavy (non-hydrogen) atoms. The van der Waals surface area contributed by atoms with Crippen LogP contribution in [-0.4, -0.2) is 72.7 Å². The number of carbonyl (C=O) groups excluding carboxylic acids is 1. The van der Waals surface area contributed by atoms with Crippen molar-refractivity contribution in [3.8, 4) is 0 Å². The second-order valence-electron chi connectivity index (χ2n) is 7.52. The predicted octanol–water partition coefficient (Wildman–Crippen LogP) is 1.81. The molecule has 0 aromatic carbocycles.